The van der Waals surface area contributed by atoms with Crippen LogP contribution in [0.25, 0.3) is 10.8 Å². The molecule has 0 aromatic heterocycles. The highest BCUT2D eigenvalue weighted by Gasteiger charge is 2.15. The molecule has 0 aliphatic rings. The highest BCUT2D eigenvalue weighted by molar-refractivity contribution is 14.1. The van der Waals surface area contributed by atoms with Crippen molar-refractivity contribution >= 4 is 45.0 Å². The summed E-state index contributed by atoms with van der Waals surface area (Å²) < 4.78 is 6.61. The molecule has 24 heavy (non-hydrogen) atoms. The molecule has 4 heteroatoms. The lowest BCUT2D eigenvalue weighted by Crippen LogP contribution is -2.14. The first-order valence-electron chi connectivity index (χ1n) is 7.64. The van der Waals surface area contributed by atoms with E-state index in [-0.39, 0.29) is 5.91 Å². The van der Waals surface area contributed by atoms with E-state index >= 15 is 0 Å². The van der Waals surface area contributed by atoms with Gasteiger partial charge in [-0.15, -0.1) is 0 Å². The molecule has 0 spiro atoms. The Bertz CT molecular complexity index is 934. The van der Waals surface area contributed by atoms with Gasteiger partial charge in [-0.3, -0.25) is 4.79 Å². The summed E-state index contributed by atoms with van der Waals surface area (Å²) in [6, 6.07) is 15.8. The van der Waals surface area contributed by atoms with E-state index in [4.69, 9.17) is 4.74 Å². The van der Waals surface area contributed by atoms with Crippen molar-refractivity contribution < 1.29 is 9.53 Å². The first-order valence-corrected chi connectivity index (χ1v) is 8.72. The van der Waals surface area contributed by atoms with Gasteiger partial charge >= 0.3 is 0 Å². The second-order valence-corrected chi connectivity index (χ2v) is 6.93. The topological polar surface area (TPSA) is 38.3 Å². The van der Waals surface area contributed by atoms with Crippen molar-refractivity contribution in [1.29, 1.82) is 0 Å². The number of methoxy groups -OCH3 is 1. The maximum atomic E-state index is 12.8. The van der Waals surface area contributed by atoms with Crippen LogP contribution >= 0.6 is 22.6 Å². The second-order valence-electron chi connectivity index (χ2n) is 5.77. The lowest BCUT2D eigenvalue weighted by atomic mass is 10.0. The van der Waals surface area contributed by atoms with Crippen LogP contribution in [0.15, 0.2) is 48.5 Å². The highest BCUT2D eigenvalue weighted by Crippen LogP contribution is 2.28. The summed E-state index contributed by atoms with van der Waals surface area (Å²) in [4.78, 5) is 12.8. The number of benzene rings is 3. The van der Waals surface area contributed by atoms with Gasteiger partial charge in [0.2, 0.25) is 0 Å². The summed E-state index contributed by atoms with van der Waals surface area (Å²) in [5.74, 6) is 0.410. The molecule has 0 unspecified atom stereocenters. The Labute approximate surface area is 155 Å². The zero-order chi connectivity index (χ0) is 17.3. The molecule has 0 saturated carbocycles. The zero-order valence-electron chi connectivity index (χ0n) is 13.8. The number of hydrogen-bond acceptors (Lipinski definition) is 2. The standard InChI is InChI=1S/C20H18INO2/c1-12-9-18(13(2)8-17(12)21)22-20(23)16-10-14-6-4-5-7-15(14)11-19(16)24-3/h4-11H,1-3H3,(H,22,23). The van der Waals surface area contributed by atoms with Crippen molar-refractivity contribution in [1.82, 2.24) is 0 Å². The number of halogens is 1. The van der Waals surface area contributed by atoms with Gasteiger partial charge in [0.25, 0.3) is 5.91 Å². The lowest BCUT2D eigenvalue weighted by molar-refractivity contribution is 0.102. The Balaban J connectivity index is 2.01. The van der Waals surface area contributed by atoms with Gasteiger partial charge in [0, 0.05) is 9.26 Å². The number of rotatable bonds is 3. The van der Waals surface area contributed by atoms with Crippen LogP contribution in [0.2, 0.25) is 0 Å². The molecule has 0 atom stereocenters. The molecule has 0 aliphatic heterocycles. The number of fused-ring (bicyclic) bond motifs is 1. The number of carbonyl (C=O) groups is 1. The van der Waals surface area contributed by atoms with Crippen LogP contribution in [0.4, 0.5) is 5.69 Å². The van der Waals surface area contributed by atoms with Crippen LogP contribution in [0.3, 0.4) is 0 Å². The summed E-state index contributed by atoms with van der Waals surface area (Å²) in [5.41, 5.74) is 3.54. The van der Waals surface area contributed by atoms with Crippen molar-refractivity contribution in [3.63, 3.8) is 0 Å². The third-order valence-electron chi connectivity index (χ3n) is 4.07. The van der Waals surface area contributed by atoms with Crippen LogP contribution in [-0.4, -0.2) is 13.0 Å². The van der Waals surface area contributed by atoms with E-state index in [2.05, 4.69) is 34.0 Å². The fourth-order valence-corrected chi connectivity index (χ4v) is 3.29. The maximum Gasteiger partial charge on any atom is 0.259 e. The SMILES string of the molecule is COc1cc2ccccc2cc1C(=O)Nc1cc(C)c(I)cc1C. The van der Waals surface area contributed by atoms with E-state index in [1.807, 2.05) is 56.3 Å². The summed E-state index contributed by atoms with van der Waals surface area (Å²) >= 11 is 2.30. The monoisotopic (exact) mass is 431 g/mol. The van der Waals surface area contributed by atoms with Crippen molar-refractivity contribution in [2.45, 2.75) is 13.8 Å². The average molecular weight is 431 g/mol. The Morgan fingerprint density at radius 2 is 1.67 bits per heavy atom. The molecule has 0 bridgehead atoms. The fraction of sp³-hybridized carbons (Fsp3) is 0.150. The van der Waals surface area contributed by atoms with Crippen LogP contribution in [0.1, 0.15) is 21.5 Å². The summed E-state index contributed by atoms with van der Waals surface area (Å²) in [6.45, 7) is 4.03. The number of carbonyl (C=O) groups excluding carboxylic acids is 1. The lowest BCUT2D eigenvalue weighted by Gasteiger charge is -2.13. The fourth-order valence-electron chi connectivity index (χ4n) is 2.67. The quantitative estimate of drug-likeness (QED) is 0.570. The first-order chi connectivity index (χ1) is 11.5. The van der Waals surface area contributed by atoms with Gasteiger partial charge < -0.3 is 10.1 Å². The Morgan fingerprint density at radius 3 is 2.33 bits per heavy atom. The summed E-state index contributed by atoms with van der Waals surface area (Å²) in [7, 11) is 1.58. The smallest absolute Gasteiger partial charge is 0.259 e. The van der Waals surface area contributed by atoms with Gasteiger partial charge in [-0.1, -0.05) is 24.3 Å². The zero-order valence-corrected chi connectivity index (χ0v) is 16.0. The van der Waals surface area contributed by atoms with E-state index in [1.54, 1.807) is 7.11 Å². The molecule has 0 fully saturated rings. The maximum absolute atomic E-state index is 12.8. The summed E-state index contributed by atoms with van der Waals surface area (Å²) in [5, 5.41) is 5.07. The number of anilines is 1. The largest absolute Gasteiger partial charge is 0.496 e. The van der Waals surface area contributed by atoms with Crippen LogP contribution in [0.5, 0.6) is 5.75 Å². The third-order valence-corrected chi connectivity index (χ3v) is 5.23. The minimum Gasteiger partial charge on any atom is -0.496 e. The molecule has 3 aromatic rings. The Kier molecular flexibility index (Phi) is 4.76. The third kappa shape index (κ3) is 3.24. The number of aryl methyl sites for hydroxylation is 2. The average Bonchev–Trinajstić information content (AvgIpc) is 2.58. The Morgan fingerprint density at radius 1 is 1.00 bits per heavy atom. The van der Waals surface area contributed by atoms with E-state index in [0.29, 0.717) is 11.3 Å². The molecule has 122 valence electrons. The van der Waals surface area contributed by atoms with E-state index < -0.39 is 0 Å². The van der Waals surface area contributed by atoms with Crippen LogP contribution in [-0.2, 0) is 0 Å². The van der Waals surface area contributed by atoms with Crippen LogP contribution < -0.4 is 10.1 Å². The van der Waals surface area contributed by atoms with E-state index in [0.717, 1.165) is 27.6 Å². The minimum absolute atomic E-state index is 0.165. The number of nitrogens with one attached hydrogen (secondary N) is 1. The normalized spacial score (nSPS) is 10.7. The first kappa shape index (κ1) is 16.8. The van der Waals surface area contributed by atoms with Gasteiger partial charge in [-0.2, -0.15) is 0 Å². The molecule has 3 nitrogen and oxygen atoms in total. The molecule has 0 saturated heterocycles. The predicted molar refractivity (Wildman–Crippen MR) is 107 cm³/mol. The molecule has 1 amide bonds. The number of hydrogen-bond donors (Lipinski definition) is 1. The van der Waals surface area contributed by atoms with Crippen molar-refractivity contribution in [2.75, 3.05) is 12.4 Å². The number of ether oxygens (including phenoxy) is 1. The van der Waals surface area contributed by atoms with Gasteiger partial charge in [-0.25, -0.2) is 0 Å². The molecule has 0 heterocycles. The second kappa shape index (κ2) is 6.81. The minimum atomic E-state index is -0.165. The summed E-state index contributed by atoms with van der Waals surface area (Å²) in [6.07, 6.45) is 0. The van der Waals surface area contributed by atoms with E-state index in [1.165, 1.54) is 3.57 Å². The van der Waals surface area contributed by atoms with E-state index in [9.17, 15) is 4.79 Å². The molecule has 0 aliphatic carbocycles. The highest BCUT2D eigenvalue weighted by atomic mass is 127. The molecule has 0 radical (unpaired) electrons. The predicted octanol–water partition coefficient (Wildman–Crippen LogP) is 5.32. The van der Waals surface area contributed by atoms with Crippen molar-refractivity contribution in [3.05, 3.63) is 68.8 Å². The van der Waals surface area contributed by atoms with Gasteiger partial charge in [0.1, 0.15) is 5.75 Å². The van der Waals surface area contributed by atoms with Crippen molar-refractivity contribution in [2.24, 2.45) is 0 Å². The molecular formula is C20H18INO2. The van der Waals surface area contributed by atoms with Gasteiger partial charge in [-0.05, 0) is 82.6 Å². The molecule has 1 N–H and O–H groups in total. The Hall–Kier alpha value is -2.08. The van der Waals surface area contributed by atoms with Crippen molar-refractivity contribution in [3.8, 4) is 5.75 Å². The number of amides is 1. The molecule has 3 rings (SSSR count). The molecular weight excluding hydrogens is 413 g/mol. The molecule has 3 aromatic carbocycles. The van der Waals surface area contributed by atoms with Gasteiger partial charge in [0.15, 0.2) is 0 Å². The van der Waals surface area contributed by atoms with Gasteiger partial charge in [0.05, 0.1) is 12.7 Å². The van der Waals surface area contributed by atoms with Crippen LogP contribution in [0, 0.1) is 17.4 Å².